The maximum atomic E-state index is 5.81. The van der Waals surface area contributed by atoms with E-state index in [9.17, 15) is 0 Å². The summed E-state index contributed by atoms with van der Waals surface area (Å²) in [6.45, 7) is 6.09. The summed E-state index contributed by atoms with van der Waals surface area (Å²) in [7, 11) is 1.99. The van der Waals surface area contributed by atoms with Gasteiger partial charge in [-0.15, -0.1) is 0 Å². The van der Waals surface area contributed by atoms with E-state index in [4.69, 9.17) is 19.6 Å². The second-order valence-corrected chi connectivity index (χ2v) is 7.74. The molecule has 8 nitrogen and oxygen atoms in total. The molecule has 2 atom stereocenters. The molecule has 3 aromatic heterocycles. The number of pyridine rings is 1. The van der Waals surface area contributed by atoms with Crippen molar-refractivity contribution in [2.24, 2.45) is 7.05 Å². The van der Waals surface area contributed by atoms with Crippen molar-refractivity contribution in [3.05, 3.63) is 23.9 Å². The van der Waals surface area contributed by atoms with Crippen LogP contribution >= 0.6 is 0 Å². The summed E-state index contributed by atoms with van der Waals surface area (Å²) >= 11 is 0. The number of rotatable bonds is 3. The van der Waals surface area contributed by atoms with Crippen molar-refractivity contribution in [2.45, 2.75) is 31.7 Å². The van der Waals surface area contributed by atoms with Gasteiger partial charge in [-0.2, -0.15) is 10.2 Å². The Balaban J connectivity index is 1.71. The Kier molecular flexibility index (Phi) is 4.52. The maximum Gasteiger partial charge on any atom is 0.136 e. The number of nitrogens with zero attached hydrogens (tertiary/aromatic N) is 5. The number of ether oxygens (including phenoxy) is 2. The fourth-order valence-corrected chi connectivity index (χ4v) is 4.38. The quantitative estimate of drug-likeness (QED) is 0.750. The first-order valence-electron chi connectivity index (χ1n) is 10.0. The Hall–Kier alpha value is -2.45. The van der Waals surface area contributed by atoms with Gasteiger partial charge in [0.25, 0.3) is 0 Å². The summed E-state index contributed by atoms with van der Waals surface area (Å²) in [5.41, 5.74) is 5.01. The number of H-pyrrole nitrogens is 1. The standard InChI is InChI=1S/C20H26N6O2/c1-13-11-28-9-7-26(13)17-10-15(14-4-3-8-27-12-14)20-19(22-17)18(24-25(20)2)16-5-6-21-23-16/h5-6,10,13-14H,3-4,7-9,11-12H2,1-2H3,(H,21,23). The van der Waals surface area contributed by atoms with Crippen LogP contribution in [0, 0.1) is 0 Å². The first kappa shape index (κ1) is 17.6. The highest BCUT2D eigenvalue weighted by atomic mass is 16.5. The van der Waals surface area contributed by atoms with Gasteiger partial charge in [-0.3, -0.25) is 9.78 Å². The lowest BCUT2D eigenvalue weighted by molar-refractivity contribution is 0.0806. The number of anilines is 1. The number of aromatic amines is 1. The van der Waals surface area contributed by atoms with Gasteiger partial charge < -0.3 is 14.4 Å². The second kappa shape index (κ2) is 7.18. The molecule has 2 unspecified atom stereocenters. The lowest BCUT2D eigenvalue weighted by Crippen LogP contribution is -2.44. The molecule has 0 spiro atoms. The lowest BCUT2D eigenvalue weighted by Gasteiger charge is -2.35. The van der Waals surface area contributed by atoms with Crippen molar-refractivity contribution in [2.75, 3.05) is 37.9 Å². The smallest absolute Gasteiger partial charge is 0.136 e. The molecule has 0 amide bonds. The number of hydrogen-bond acceptors (Lipinski definition) is 6. The molecule has 2 fully saturated rings. The normalized spacial score (nSPS) is 23.4. The van der Waals surface area contributed by atoms with Gasteiger partial charge in [0.1, 0.15) is 17.0 Å². The van der Waals surface area contributed by atoms with Crippen LogP contribution in [0.2, 0.25) is 0 Å². The molecule has 5 heterocycles. The predicted molar refractivity (Wildman–Crippen MR) is 107 cm³/mol. The Morgan fingerprint density at radius 3 is 2.86 bits per heavy atom. The molecule has 2 aliphatic rings. The summed E-state index contributed by atoms with van der Waals surface area (Å²) < 4.78 is 13.4. The van der Waals surface area contributed by atoms with E-state index in [2.05, 4.69) is 28.1 Å². The van der Waals surface area contributed by atoms with Gasteiger partial charge in [-0.05, 0) is 37.5 Å². The average molecular weight is 382 g/mol. The molecule has 0 bridgehead atoms. The van der Waals surface area contributed by atoms with Crippen LogP contribution in [0.1, 0.15) is 31.2 Å². The van der Waals surface area contributed by atoms with Crippen molar-refractivity contribution in [3.8, 4) is 11.4 Å². The van der Waals surface area contributed by atoms with E-state index in [-0.39, 0.29) is 0 Å². The van der Waals surface area contributed by atoms with Crippen molar-refractivity contribution >= 4 is 16.9 Å². The zero-order valence-corrected chi connectivity index (χ0v) is 16.4. The monoisotopic (exact) mass is 382 g/mol. The van der Waals surface area contributed by atoms with Gasteiger partial charge >= 0.3 is 0 Å². The third-order valence-corrected chi connectivity index (χ3v) is 5.82. The molecule has 0 aromatic carbocycles. The summed E-state index contributed by atoms with van der Waals surface area (Å²) in [4.78, 5) is 7.43. The third kappa shape index (κ3) is 2.97. The van der Waals surface area contributed by atoms with Gasteiger partial charge in [0.15, 0.2) is 0 Å². The molecule has 1 N–H and O–H groups in total. The summed E-state index contributed by atoms with van der Waals surface area (Å²) in [5.74, 6) is 1.36. The number of aromatic nitrogens is 5. The summed E-state index contributed by atoms with van der Waals surface area (Å²) in [6.07, 6.45) is 3.96. The number of morpholine rings is 1. The van der Waals surface area contributed by atoms with Crippen molar-refractivity contribution < 1.29 is 9.47 Å². The largest absolute Gasteiger partial charge is 0.381 e. The highest BCUT2D eigenvalue weighted by Gasteiger charge is 2.27. The Bertz CT molecular complexity index is 961. The third-order valence-electron chi connectivity index (χ3n) is 5.82. The van der Waals surface area contributed by atoms with Crippen LogP contribution < -0.4 is 4.90 Å². The molecule has 0 saturated carbocycles. The van der Waals surface area contributed by atoms with E-state index in [0.717, 1.165) is 74.1 Å². The van der Waals surface area contributed by atoms with E-state index < -0.39 is 0 Å². The molecular weight excluding hydrogens is 356 g/mol. The minimum absolute atomic E-state index is 0.293. The zero-order valence-electron chi connectivity index (χ0n) is 16.4. The number of hydrogen-bond donors (Lipinski definition) is 1. The fourth-order valence-electron chi connectivity index (χ4n) is 4.38. The average Bonchev–Trinajstić information content (AvgIpc) is 3.37. The van der Waals surface area contributed by atoms with E-state index in [1.54, 1.807) is 6.20 Å². The number of nitrogens with one attached hydrogen (secondary N) is 1. The Labute approximate surface area is 163 Å². The van der Waals surface area contributed by atoms with E-state index in [1.165, 1.54) is 5.56 Å². The fraction of sp³-hybridized carbons (Fsp3) is 0.550. The SMILES string of the molecule is CC1COCCN1c1cc(C2CCCOC2)c2c(n1)c(-c1ccn[nH]1)nn2C. The molecule has 2 saturated heterocycles. The summed E-state index contributed by atoms with van der Waals surface area (Å²) in [5, 5.41) is 11.9. The Morgan fingerprint density at radius 2 is 2.11 bits per heavy atom. The highest BCUT2D eigenvalue weighted by molar-refractivity contribution is 5.92. The van der Waals surface area contributed by atoms with E-state index in [1.807, 2.05) is 17.8 Å². The van der Waals surface area contributed by atoms with Crippen LogP contribution in [0.4, 0.5) is 5.82 Å². The molecule has 28 heavy (non-hydrogen) atoms. The van der Waals surface area contributed by atoms with Crippen LogP contribution in [-0.4, -0.2) is 64.0 Å². The van der Waals surface area contributed by atoms with Crippen molar-refractivity contribution in [1.82, 2.24) is 25.0 Å². The topological polar surface area (TPSA) is 81.1 Å². The van der Waals surface area contributed by atoms with Crippen LogP contribution in [0.15, 0.2) is 18.3 Å². The van der Waals surface area contributed by atoms with Crippen LogP contribution in [0.5, 0.6) is 0 Å². The molecule has 5 rings (SSSR count). The van der Waals surface area contributed by atoms with Crippen LogP contribution in [0.25, 0.3) is 22.4 Å². The minimum Gasteiger partial charge on any atom is -0.381 e. The molecule has 0 aliphatic carbocycles. The molecule has 148 valence electrons. The van der Waals surface area contributed by atoms with E-state index >= 15 is 0 Å². The number of fused-ring (bicyclic) bond motifs is 1. The maximum absolute atomic E-state index is 5.81. The molecule has 8 heteroatoms. The van der Waals surface area contributed by atoms with Gasteiger partial charge in [0, 0.05) is 32.3 Å². The van der Waals surface area contributed by atoms with Crippen molar-refractivity contribution in [3.63, 3.8) is 0 Å². The summed E-state index contributed by atoms with van der Waals surface area (Å²) in [6, 6.07) is 4.49. The molecule has 2 aliphatic heterocycles. The predicted octanol–water partition coefficient (Wildman–Crippen LogP) is 2.48. The van der Waals surface area contributed by atoms with Gasteiger partial charge in [0.05, 0.1) is 37.1 Å². The second-order valence-electron chi connectivity index (χ2n) is 7.74. The van der Waals surface area contributed by atoms with Crippen LogP contribution in [0.3, 0.4) is 0 Å². The Morgan fingerprint density at radius 1 is 1.21 bits per heavy atom. The first-order chi connectivity index (χ1) is 13.7. The molecule has 3 aromatic rings. The van der Waals surface area contributed by atoms with Crippen LogP contribution in [-0.2, 0) is 16.5 Å². The lowest BCUT2D eigenvalue weighted by atomic mass is 9.92. The van der Waals surface area contributed by atoms with Gasteiger partial charge in [0.2, 0.25) is 0 Å². The van der Waals surface area contributed by atoms with E-state index in [0.29, 0.717) is 12.0 Å². The van der Waals surface area contributed by atoms with Gasteiger partial charge in [-0.25, -0.2) is 4.98 Å². The zero-order chi connectivity index (χ0) is 19.1. The minimum atomic E-state index is 0.293. The molecular formula is C20H26N6O2. The van der Waals surface area contributed by atoms with Gasteiger partial charge in [-0.1, -0.05) is 0 Å². The molecule has 0 radical (unpaired) electrons. The van der Waals surface area contributed by atoms with Crippen molar-refractivity contribution in [1.29, 1.82) is 0 Å². The first-order valence-corrected chi connectivity index (χ1v) is 10.0. The highest BCUT2D eigenvalue weighted by Crippen LogP contribution is 2.37. The number of aryl methyl sites for hydroxylation is 1.